The summed E-state index contributed by atoms with van der Waals surface area (Å²) in [6.45, 7) is 3.09. The Morgan fingerprint density at radius 2 is 1.85 bits per heavy atom. The predicted octanol–water partition coefficient (Wildman–Crippen LogP) is 1.97. The van der Waals surface area contributed by atoms with E-state index in [1.807, 2.05) is 25.9 Å². The van der Waals surface area contributed by atoms with Crippen LogP contribution in [0.4, 0.5) is 4.39 Å². The Balaban J connectivity index is 1.94. The number of hydrogen-bond acceptors (Lipinski definition) is 4. The largest absolute Gasteiger partial charge is 0.503 e. The molecule has 0 fully saturated rings. The number of halogens is 1. The lowest BCUT2D eigenvalue weighted by Gasteiger charge is -2.31. The number of carbonyl (C=O) groups excluding carboxylic acids is 1. The van der Waals surface area contributed by atoms with Gasteiger partial charge in [0.25, 0.3) is 5.91 Å². The van der Waals surface area contributed by atoms with Gasteiger partial charge in [-0.25, -0.2) is 4.39 Å². The van der Waals surface area contributed by atoms with E-state index in [0.717, 1.165) is 5.56 Å². The summed E-state index contributed by atoms with van der Waals surface area (Å²) in [4.78, 5) is 28.8. The average Bonchev–Trinajstić information content (AvgIpc) is 2.61. The number of aromatic nitrogens is 1. The second-order valence-electron chi connectivity index (χ2n) is 6.80. The molecule has 6 nitrogen and oxygen atoms in total. The quantitative estimate of drug-likeness (QED) is 0.907. The van der Waals surface area contributed by atoms with E-state index in [2.05, 4.69) is 0 Å². The number of benzene rings is 1. The second kappa shape index (κ2) is 6.92. The monoisotopic (exact) mass is 359 g/mol. The Morgan fingerprint density at radius 1 is 1.19 bits per heavy atom. The van der Waals surface area contributed by atoms with Crippen molar-refractivity contribution >= 4 is 5.91 Å². The predicted molar refractivity (Wildman–Crippen MR) is 95.6 cm³/mol. The van der Waals surface area contributed by atoms with Crippen LogP contribution in [0.1, 0.15) is 34.6 Å². The summed E-state index contributed by atoms with van der Waals surface area (Å²) in [6.07, 6.45) is 1.66. The maximum absolute atomic E-state index is 13.0. The molecular weight excluding hydrogens is 337 g/mol. The maximum atomic E-state index is 13.0. The van der Waals surface area contributed by atoms with E-state index in [9.17, 15) is 19.1 Å². The van der Waals surface area contributed by atoms with E-state index in [1.54, 1.807) is 27.8 Å². The lowest BCUT2D eigenvalue weighted by atomic mass is 10.1. The lowest BCUT2D eigenvalue weighted by Crippen LogP contribution is -2.41. The van der Waals surface area contributed by atoms with E-state index in [1.165, 1.54) is 12.1 Å². The van der Waals surface area contributed by atoms with Gasteiger partial charge in [0, 0.05) is 37.4 Å². The van der Waals surface area contributed by atoms with Crippen LogP contribution < -0.4 is 5.43 Å². The molecule has 1 aliphatic heterocycles. The zero-order chi connectivity index (χ0) is 19.0. The normalized spacial score (nSPS) is 15.3. The van der Waals surface area contributed by atoms with Crippen LogP contribution >= 0.6 is 0 Å². The molecule has 7 heteroatoms. The molecular formula is C19H22FN3O3. The molecule has 0 spiro atoms. The molecule has 3 rings (SSSR count). The van der Waals surface area contributed by atoms with Crippen LogP contribution in [0.2, 0.25) is 0 Å². The highest BCUT2D eigenvalue weighted by molar-refractivity contribution is 5.95. The van der Waals surface area contributed by atoms with Crippen molar-refractivity contribution in [3.63, 3.8) is 0 Å². The van der Waals surface area contributed by atoms with Crippen molar-refractivity contribution in [2.24, 2.45) is 0 Å². The number of fused-ring (bicyclic) bond motifs is 1. The molecule has 138 valence electrons. The first-order chi connectivity index (χ1) is 12.3. The Bertz CT molecular complexity index is 890. The van der Waals surface area contributed by atoms with Crippen molar-refractivity contribution in [1.29, 1.82) is 0 Å². The highest BCUT2D eigenvalue weighted by atomic mass is 19.1. The molecule has 1 N–H and O–H groups in total. The first kappa shape index (κ1) is 18.1. The second-order valence-corrected chi connectivity index (χ2v) is 6.80. The molecule has 0 saturated carbocycles. The van der Waals surface area contributed by atoms with Crippen molar-refractivity contribution in [3.05, 3.63) is 63.3 Å². The number of pyridine rings is 1. The summed E-state index contributed by atoms with van der Waals surface area (Å²) in [5.41, 5.74) is 0.733. The van der Waals surface area contributed by atoms with Crippen molar-refractivity contribution in [2.45, 2.75) is 26.1 Å². The summed E-state index contributed by atoms with van der Waals surface area (Å²) in [6, 6.07) is 5.74. The molecule has 1 unspecified atom stereocenters. The Hall–Kier alpha value is -2.67. The molecule has 2 aromatic rings. The van der Waals surface area contributed by atoms with Gasteiger partial charge in [0.2, 0.25) is 5.43 Å². The summed E-state index contributed by atoms with van der Waals surface area (Å²) in [7, 11) is 3.70. The minimum absolute atomic E-state index is 0.0121. The fourth-order valence-electron chi connectivity index (χ4n) is 3.09. The topological polar surface area (TPSA) is 65.8 Å². The SMILES string of the molecule is CC(c1cn2c(c(O)c1=O)C(=O)N(Cc1ccc(F)cc1)CC2)N(C)C. The van der Waals surface area contributed by atoms with Gasteiger partial charge in [-0.05, 0) is 38.7 Å². The van der Waals surface area contributed by atoms with Gasteiger partial charge in [-0.2, -0.15) is 0 Å². The molecule has 1 amide bonds. The number of hydrogen-bond donors (Lipinski definition) is 1. The van der Waals surface area contributed by atoms with Crippen molar-refractivity contribution in [3.8, 4) is 5.75 Å². The fraction of sp³-hybridized carbons (Fsp3) is 0.368. The maximum Gasteiger partial charge on any atom is 0.274 e. The molecule has 0 radical (unpaired) electrons. The standard InChI is InChI=1S/C19H22FN3O3/c1-12(21(2)3)15-11-22-8-9-23(10-13-4-6-14(20)7-5-13)19(26)16(22)18(25)17(15)24/h4-7,11-12,25H,8-10H2,1-3H3. The minimum Gasteiger partial charge on any atom is -0.503 e. The molecule has 0 aliphatic carbocycles. The third kappa shape index (κ3) is 3.22. The molecule has 1 aromatic heterocycles. The number of carbonyl (C=O) groups is 1. The first-order valence-corrected chi connectivity index (χ1v) is 8.46. The van der Waals surface area contributed by atoms with Gasteiger partial charge in [0.05, 0.1) is 0 Å². The lowest BCUT2D eigenvalue weighted by molar-refractivity contribution is 0.0682. The van der Waals surface area contributed by atoms with E-state index in [4.69, 9.17) is 0 Å². The van der Waals surface area contributed by atoms with Gasteiger partial charge in [-0.3, -0.25) is 9.59 Å². The summed E-state index contributed by atoms with van der Waals surface area (Å²) in [5, 5.41) is 10.4. The molecule has 2 heterocycles. The highest BCUT2D eigenvalue weighted by Crippen LogP contribution is 2.24. The van der Waals surface area contributed by atoms with Crippen LogP contribution in [0.5, 0.6) is 5.75 Å². The average molecular weight is 359 g/mol. The summed E-state index contributed by atoms with van der Waals surface area (Å²) in [5.74, 6) is -1.25. The Labute approximate surface area is 151 Å². The van der Waals surface area contributed by atoms with Gasteiger partial charge in [-0.15, -0.1) is 0 Å². The fourth-order valence-corrected chi connectivity index (χ4v) is 3.09. The van der Waals surface area contributed by atoms with Crippen LogP contribution in [0.3, 0.4) is 0 Å². The van der Waals surface area contributed by atoms with Crippen LogP contribution in [-0.2, 0) is 13.1 Å². The minimum atomic E-state index is -0.519. The van der Waals surface area contributed by atoms with Crippen molar-refractivity contribution in [2.75, 3.05) is 20.6 Å². The molecule has 0 bridgehead atoms. The van der Waals surface area contributed by atoms with E-state index in [0.29, 0.717) is 25.2 Å². The summed E-state index contributed by atoms with van der Waals surface area (Å²) < 4.78 is 14.7. The molecule has 0 saturated heterocycles. The molecule has 26 heavy (non-hydrogen) atoms. The van der Waals surface area contributed by atoms with Crippen molar-refractivity contribution < 1.29 is 14.3 Å². The number of nitrogens with zero attached hydrogens (tertiary/aromatic N) is 3. The molecule has 1 atom stereocenters. The molecule has 1 aliphatic rings. The van der Waals surface area contributed by atoms with Gasteiger partial charge in [-0.1, -0.05) is 12.1 Å². The summed E-state index contributed by atoms with van der Waals surface area (Å²) >= 11 is 0. The van der Waals surface area contributed by atoms with Crippen LogP contribution in [-0.4, -0.2) is 46.0 Å². The Kier molecular flexibility index (Phi) is 4.82. The highest BCUT2D eigenvalue weighted by Gasteiger charge is 2.30. The van der Waals surface area contributed by atoms with Gasteiger partial charge in [0.1, 0.15) is 5.82 Å². The van der Waals surface area contributed by atoms with E-state index < -0.39 is 17.1 Å². The van der Waals surface area contributed by atoms with Gasteiger partial charge in [0.15, 0.2) is 11.4 Å². The van der Waals surface area contributed by atoms with Gasteiger partial charge >= 0.3 is 0 Å². The van der Waals surface area contributed by atoms with Gasteiger partial charge < -0.3 is 19.5 Å². The molecule has 1 aromatic carbocycles. The zero-order valence-electron chi connectivity index (χ0n) is 15.1. The number of amides is 1. The smallest absolute Gasteiger partial charge is 0.274 e. The third-order valence-electron chi connectivity index (χ3n) is 4.90. The van der Waals surface area contributed by atoms with Crippen LogP contribution in [0.25, 0.3) is 0 Å². The third-order valence-corrected chi connectivity index (χ3v) is 4.90. The van der Waals surface area contributed by atoms with Crippen molar-refractivity contribution in [1.82, 2.24) is 14.4 Å². The van der Waals surface area contributed by atoms with E-state index >= 15 is 0 Å². The Morgan fingerprint density at radius 3 is 2.46 bits per heavy atom. The first-order valence-electron chi connectivity index (χ1n) is 8.46. The van der Waals surface area contributed by atoms with E-state index in [-0.39, 0.29) is 17.6 Å². The zero-order valence-corrected chi connectivity index (χ0v) is 15.1. The van der Waals surface area contributed by atoms with Crippen LogP contribution in [0, 0.1) is 5.82 Å². The number of rotatable bonds is 4. The van der Waals surface area contributed by atoms with Crippen LogP contribution in [0.15, 0.2) is 35.3 Å². The number of aromatic hydroxyl groups is 1.